The quantitative estimate of drug-likeness (QED) is 0.898. The Hall–Kier alpha value is -1.83. The van der Waals surface area contributed by atoms with Gasteiger partial charge in [-0.2, -0.15) is 5.26 Å². The highest BCUT2D eigenvalue weighted by atomic mass is 32.2. The summed E-state index contributed by atoms with van der Waals surface area (Å²) < 4.78 is 0. The summed E-state index contributed by atoms with van der Waals surface area (Å²) in [7, 11) is 0. The summed E-state index contributed by atoms with van der Waals surface area (Å²) >= 11 is 1.51. The summed E-state index contributed by atoms with van der Waals surface area (Å²) in [4.78, 5) is 5.87. The molecule has 0 unspecified atom stereocenters. The van der Waals surface area contributed by atoms with E-state index in [9.17, 15) is 0 Å². The van der Waals surface area contributed by atoms with E-state index in [1.165, 1.54) is 11.8 Å². The molecule has 2 aromatic rings. The van der Waals surface area contributed by atoms with Gasteiger partial charge in [0.25, 0.3) is 0 Å². The van der Waals surface area contributed by atoms with Crippen molar-refractivity contribution in [1.82, 2.24) is 4.98 Å². The second-order valence-electron chi connectivity index (χ2n) is 3.39. The van der Waals surface area contributed by atoms with Crippen LogP contribution in [0.2, 0.25) is 0 Å². The number of aliphatic hydroxyl groups excluding tert-OH is 1. The molecule has 4 heteroatoms. The van der Waals surface area contributed by atoms with Crippen molar-refractivity contribution in [2.24, 2.45) is 0 Å². The lowest BCUT2D eigenvalue weighted by atomic mass is 10.1. The molecule has 1 N–H and O–H groups in total. The van der Waals surface area contributed by atoms with Gasteiger partial charge in [0.1, 0.15) is 6.07 Å². The largest absolute Gasteiger partial charge is 0.392 e. The molecule has 2 rings (SSSR count). The molecule has 3 nitrogen and oxygen atoms in total. The highest BCUT2D eigenvalue weighted by Gasteiger charge is 2.05. The van der Waals surface area contributed by atoms with E-state index in [2.05, 4.69) is 11.1 Å². The third-order valence-electron chi connectivity index (χ3n) is 2.22. The van der Waals surface area contributed by atoms with Crippen LogP contribution in [0.15, 0.2) is 52.5 Å². The van der Waals surface area contributed by atoms with Gasteiger partial charge in [-0.3, -0.25) is 4.98 Å². The van der Waals surface area contributed by atoms with Crippen molar-refractivity contribution in [2.45, 2.75) is 16.4 Å². The minimum absolute atomic E-state index is 0.0467. The zero-order valence-corrected chi connectivity index (χ0v) is 9.81. The number of aromatic nitrogens is 1. The number of benzene rings is 1. The molecule has 0 atom stereocenters. The predicted octanol–water partition coefficient (Wildman–Crippen LogP) is 2.60. The van der Waals surface area contributed by atoms with Crippen molar-refractivity contribution in [2.75, 3.05) is 0 Å². The average Bonchev–Trinajstić information content (AvgIpc) is 2.40. The van der Waals surface area contributed by atoms with E-state index < -0.39 is 0 Å². The first-order valence-corrected chi connectivity index (χ1v) is 5.87. The van der Waals surface area contributed by atoms with Gasteiger partial charge in [0.2, 0.25) is 0 Å². The van der Waals surface area contributed by atoms with Gasteiger partial charge in [0, 0.05) is 22.2 Å². The molecule has 0 bridgehead atoms. The van der Waals surface area contributed by atoms with Gasteiger partial charge in [-0.1, -0.05) is 17.8 Å². The SMILES string of the molecule is N#Cc1cc(CO)ccc1Sc1ccncc1. The van der Waals surface area contributed by atoms with Crippen molar-refractivity contribution in [3.05, 3.63) is 53.9 Å². The maximum Gasteiger partial charge on any atom is 0.100 e. The number of nitrogens with zero attached hydrogens (tertiary/aromatic N) is 2. The summed E-state index contributed by atoms with van der Waals surface area (Å²) in [5.74, 6) is 0. The number of pyridine rings is 1. The van der Waals surface area contributed by atoms with Gasteiger partial charge in [-0.15, -0.1) is 0 Å². The van der Waals surface area contributed by atoms with E-state index in [1.54, 1.807) is 18.5 Å². The van der Waals surface area contributed by atoms with Crippen LogP contribution in [0.1, 0.15) is 11.1 Å². The third-order valence-corrected chi connectivity index (χ3v) is 3.31. The summed E-state index contributed by atoms with van der Waals surface area (Å²) in [5, 5.41) is 18.1. The van der Waals surface area contributed by atoms with Crippen LogP contribution in [-0.4, -0.2) is 10.1 Å². The second kappa shape index (κ2) is 5.48. The summed E-state index contributed by atoms with van der Waals surface area (Å²) in [5.41, 5.74) is 1.33. The summed E-state index contributed by atoms with van der Waals surface area (Å²) in [6.07, 6.45) is 3.44. The van der Waals surface area contributed by atoms with Gasteiger partial charge in [0.05, 0.1) is 12.2 Å². The molecule has 1 heterocycles. The number of rotatable bonds is 3. The Bertz CT molecular complexity index is 549. The van der Waals surface area contributed by atoms with Crippen molar-refractivity contribution < 1.29 is 5.11 Å². The molecule has 1 aromatic heterocycles. The van der Waals surface area contributed by atoms with E-state index >= 15 is 0 Å². The van der Waals surface area contributed by atoms with E-state index in [0.29, 0.717) is 5.56 Å². The Morgan fingerprint density at radius 3 is 2.65 bits per heavy atom. The number of nitriles is 1. The predicted molar refractivity (Wildman–Crippen MR) is 65.4 cm³/mol. The van der Waals surface area contributed by atoms with Crippen LogP contribution < -0.4 is 0 Å². The van der Waals surface area contributed by atoms with Crippen molar-refractivity contribution >= 4 is 11.8 Å². The summed E-state index contributed by atoms with van der Waals surface area (Å²) in [6, 6.07) is 11.3. The molecular weight excluding hydrogens is 232 g/mol. The lowest BCUT2D eigenvalue weighted by Gasteiger charge is -2.05. The zero-order valence-electron chi connectivity index (χ0n) is 9.00. The first kappa shape index (κ1) is 11.6. The van der Waals surface area contributed by atoms with Crippen molar-refractivity contribution in [3.8, 4) is 6.07 Å². The third kappa shape index (κ3) is 2.84. The van der Waals surface area contributed by atoms with Crippen LogP contribution in [0.5, 0.6) is 0 Å². The number of hydrogen-bond acceptors (Lipinski definition) is 4. The molecular formula is C13H10N2OS. The van der Waals surface area contributed by atoms with Crippen LogP contribution >= 0.6 is 11.8 Å². The normalized spacial score (nSPS) is 9.88. The lowest BCUT2D eigenvalue weighted by molar-refractivity contribution is 0.281. The highest BCUT2D eigenvalue weighted by Crippen LogP contribution is 2.30. The van der Waals surface area contributed by atoms with Crippen molar-refractivity contribution in [1.29, 1.82) is 5.26 Å². The maximum absolute atomic E-state index is 9.06. The Kier molecular flexibility index (Phi) is 3.76. The van der Waals surface area contributed by atoms with Crippen LogP contribution in [0.3, 0.4) is 0 Å². The van der Waals surface area contributed by atoms with E-state index in [0.717, 1.165) is 15.4 Å². The second-order valence-corrected chi connectivity index (χ2v) is 4.50. The fourth-order valence-electron chi connectivity index (χ4n) is 1.39. The molecule has 17 heavy (non-hydrogen) atoms. The zero-order chi connectivity index (χ0) is 12.1. The fourth-order valence-corrected chi connectivity index (χ4v) is 2.25. The van der Waals surface area contributed by atoms with Crippen LogP contribution in [0, 0.1) is 11.3 Å². The topological polar surface area (TPSA) is 56.9 Å². The van der Waals surface area contributed by atoms with E-state index in [-0.39, 0.29) is 6.61 Å². The van der Waals surface area contributed by atoms with Crippen LogP contribution in [0.4, 0.5) is 0 Å². The first-order chi connectivity index (χ1) is 8.33. The van der Waals surface area contributed by atoms with Crippen molar-refractivity contribution in [3.63, 3.8) is 0 Å². The average molecular weight is 242 g/mol. The van der Waals surface area contributed by atoms with Crippen LogP contribution in [-0.2, 0) is 6.61 Å². The molecule has 0 spiro atoms. The minimum Gasteiger partial charge on any atom is -0.392 e. The maximum atomic E-state index is 9.06. The Morgan fingerprint density at radius 1 is 1.24 bits per heavy atom. The molecule has 0 fully saturated rings. The molecule has 0 radical (unpaired) electrons. The molecule has 0 aliphatic heterocycles. The summed E-state index contributed by atoms with van der Waals surface area (Å²) in [6.45, 7) is -0.0467. The molecule has 0 aliphatic rings. The Morgan fingerprint density at radius 2 is 2.00 bits per heavy atom. The monoisotopic (exact) mass is 242 g/mol. The van der Waals surface area contributed by atoms with Crippen LogP contribution in [0.25, 0.3) is 0 Å². The molecule has 1 aromatic carbocycles. The van der Waals surface area contributed by atoms with Gasteiger partial charge in [-0.05, 0) is 29.8 Å². The fraction of sp³-hybridized carbons (Fsp3) is 0.0769. The van der Waals surface area contributed by atoms with Gasteiger partial charge >= 0.3 is 0 Å². The standard InChI is InChI=1S/C13H10N2OS/c14-8-11-7-10(9-16)1-2-13(11)17-12-3-5-15-6-4-12/h1-7,16H,9H2. The lowest BCUT2D eigenvalue weighted by Crippen LogP contribution is -1.87. The highest BCUT2D eigenvalue weighted by molar-refractivity contribution is 7.99. The van der Waals surface area contributed by atoms with E-state index in [1.807, 2.05) is 24.3 Å². The molecule has 0 saturated carbocycles. The molecule has 0 amide bonds. The van der Waals surface area contributed by atoms with E-state index in [4.69, 9.17) is 10.4 Å². The first-order valence-electron chi connectivity index (χ1n) is 5.05. The number of hydrogen-bond donors (Lipinski definition) is 1. The molecule has 84 valence electrons. The van der Waals surface area contributed by atoms with Gasteiger partial charge in [0.15, 0.2) is 0 Å². The molecule has 0 saturated heterocycles. The van der Waals surface area contributed by atoms with Gasteiger partial charge < -0.3 is 5.11 Å². The molecule has 0 aliphatic carbocycles. The Balaban J connectivity index is 2.31. The minimum atomic E-state index is -0.0467. The Labute approximate surface area is 104 Å². The van der Waals surface area contributed by atoms with Gasteiger partial charge in [-0.25, -0.2) is 0 Å². The number of aliphatic hydroxyl groups is 1. The smallest absolute Gasteiger partial charge is 0.100 e.